The summed E-state index contributed by atoms with van der Waals surface area (Å²) in [7, 11) is 1.66. The molecule has 7 nitrogen and oxygen atoms in total. The maximum atomic E-state index is 13.2. The lowest BCUT2D eigenvalue weighted by molar-refractivity contribution is -0.115. The third-order valence-corrected chi connectivity index (χ3v) is 5.54. The molecule has 0 saturated carbocycles. The van der Waals surface area contributed by atoms with E-state index < -0.39 is 5.82 Å². The molecule has 1 atom stereocenters. The first-order valence-electron chi connectivity index (χ1n) is 9.51. The van der Waals surface area contributed by atoms with E-state index in [0.29, 0.717) is 18.2 Å². The molecular formula is C20H27FIN5O2S. The van der Waals surface area contributed by atoms with Crippen molar-refractivity contribution < 1.29 is 13.9 Å². The highest BCUT2D eigenvalue weighted by molar-refractivity contribution is 14.0. The lowest BCUT2D eigenvalue weighted by Gasteiger charge is -2.34. The van der Waals surface area contributed by atoms with Gasteiger partial charge in [0, 0.05) is 37.2 Å². The Hall–Kier alpha value is -1.76. The quantitative estimate of drug-likeness (QED) is 0.283. The summed E-state index contributed by atoms with van der Waals surface area (Å²) >= 11 is 1.73. The van der Waals surface area contributed by atoms with Crippen LogP contribution in [0.2, 0.25) is 0 Å². The van der Waals surface area contributed by atoms with Gasteiger partial charge in [0.25, 0.3) is 0 Å². The number of morpholine rings is 1. The smallest absolute Gasteiger partial charge is 0.243 e. The second-order valence-electron chi connectivity index (χ2n) is 6.54. The summed E-state index contributed by atoms with van der Waals surface area (Å²) in [6.07, 6.45) is 0. The van der Waals surface area contributed by atoms with E-state index in [1.807, 2.05) is 0 Å². The van der Waals surface area contributed by atoms with Crippen LogP contribution in [-0.2, 0) is 9.53 Å². The highest BCUT2D eigenvalue weighted by atomic mass is 127. The predicted molar refractivity (Wildman–Crippen MR) is 129 cm³/mol. The first-order chi connectivity index (χ1) is 14.2. The van der Waals surface area contributed by atoms with Crippen LogP contribution in [0.25, 0.3) is 0 Å². The van der Waals surface area contributed by atoms with Crippen LogP contribution in [0.3, 0.4) is 0 Å². The second kappa shape index (κ2) is 12.8. The van der Waals surface area contributed by atoms with Crippen LogP contribution in [0.5, 0.6) is 0 Å². The monoisotopic (exact) mass is 547 g/mol. The molecule has 1 aromatic carbocycles. The Morgan fingerprint density at radius 1 is 1.27 bits per heavy atom. The van der Waals surface area contributed by atoms with Crippen LogP contribution in [0.15, 0.2) is 46.8 Å². The molecule has 0 radical (unpaired) electrons. The number of halogens is 2. The average molecular weight is 547 g/mol. The zero-order chi connectivity index (χ0) is 20.5. The van der Waals surface area contributed by atoms with Crippen LogP contribution in [0.4, 0.5) is 10.1 Å². The molecule has 3 N–H and O–H groups in total. The molecule has 2 aromatic rings. The Morgan fingerprint density at radius 3 is 2.73 bits per heavy atom. The molecule has 2 heterocycles. The van der Waals surface area contributed by atoms with Gasteiger partial charge in [-0.2, -0.15) is 0 Å². The fourth-order valence-corrected chi connectivity index (χ4v) is 3.99. The minimum absolute atomic E-state index is 0. The van der Waals surface area contributed by atoms with Gasteiger partial charge in [-0.15, -0.1) is 35.3 Å². The first-order valence-corrected chi connectivity index (χ1v) is 10.4. The molecule has 0 bridgehead atoms. The molecule has 1 fully saturated rings. The van der Waals surface area contributed by atoms with Crippen LogP contribution in [0.1, 0.15) is 10.9 Å². The number of carbonyl (C=O) groups excluding carboxylic acids is 1. The van der Waals surface area contributed by atoms with E-state index in [2.05, 4.69) is 43.4 Å². The largest absolute Gasteiger partial charge is 0.379 e. The molecule has 1 aliphatic heterocycles. The van der Waals surface area contributed by atoms with E-state index in [1.165, 1.54) is 17.0 Å². The number of hydrogen-bond acceptors (Lipinski definition) is 5. The zero-order valence-electron chi connectivity index (χ0n) is 16.8. The molecule has 1 aromatic heterocycles. The summed E-state index contributed by atoms with van der Waals surface area (Å²) in [5, 5.41) is 11.0. The molecule has 1 unspecified atom stereocenters. The second-order valence-corrected chi connectivity index (χ2v) is 7.52. The van der Waals surface area contributed by atoms with E-state index in [4.69, 9.17) is 4.74 Å². The zero-order valence-corrected chi connectivity index (χ0v) is 19.9. The Balaban J connectivity index is 0.00000320. The highest BCUT2D eigenvalue weighted by Crippen LogP contribution is 2.25. The maximum Gasteiger partial charge on any atom is 0.243 e. The standard InChI is InChI=1S/C20H26FN5O2S.HI/c1-22-20(24-14-19(27)25-16-5-2-4-15(21)12-16)23-13-17(18-6-3-11-29-18)26-7-9-28-10-8-26;/h2-6,11-12,17H,7-10,13-14H2,1H3,(H,25,27)(H2,22,23,24);1H. The number of benzene rings is 1. The number of amides is 1. The predicted octanol–water partition coefficient (Wildman–Crippen LogP) is 2.68. The topological polar surface area (TPSA) is 78.0 Å². The summed E-state index contributed by atoms with van der Waals surface area (Å²) < 4.78 is 18.7. The average Bonchev–Trinajstić information content (AvgIpc) is 3.26. The molecule has 1 saturated heterocycles. The van der Waals surface area contributed by atoms with Crippen molar-refractivity contribution in [2.45, 2.75) is 6.04 Å². The first kappa shape index (κ1) is 24.5. The van der Waals surface area contributed by atoms with Crippen molar-refractivity contribution >= 4 is 52.9 Å². The Labute approximate surface area is 197 Å². The van der Waals surface area contributed by atoms with Crippen molar-refractivity contribution in [2.75, 3.05) is 51.8 Å². The fraction of sp³-hybridized carbons (Fsp3) is 0.400. The third-order valence-electron chi connectivity index (χ3n) is 4.57. The van der Waals surface area contributed by atoms with Gasteiger partial charge in [-0.25, -0.2) is 4.39 Å². The maximum absolute atomic E-state index is 13.2. The number of nitrogens with one attached hydrogen (secondary N) is 3. The van der Waals surface area contributed by atoms with Gasteiger partial charge in [0.2, 0.25) is 5.91 Å². The van der Waals surface area contributed by atoms with Gasteiger partial charge < -0.3 is 20.7 Å². The summed E-state index contributed by atoms with van der Waals surface area (Å²) in [6, 6.07) is 10.2. The van der Waals surface area contributed by atoms with E-state index in [1.54, 1.807) is 30.5 Å². The molecule has 0 spiro atoms. The number of ether oxygens (including phenoxy) is 1. The van der Waals surface area contributed by atoms with Gasteiger partial charge >= 0.3 is 0 Å². The Morgan fingerprint density at radius 2 is 2.07 bits per heavy atom. The number of nitrogens with zero attached hydrogens (tertiary/aromatic N) is 2. The highest BCUT2D eigenvalue weighted by Gasteiger charge is 2.23. The lowest BCUT2D eigenvalue weighted by Crippen LogP contribution is -2.47. The fourth-order valence-electron chi connectivity index (χ4n) is 3.13. The Kier molecular flexibility index (Phi) is 10.5. The number of carbonyl (C=O) groups is 1. The molecule has 1 aliphatic rings. The van der Waals surface area contributed by atoms with Crippen molar-refractivity contribution in [1.29, 1.82) is 0 Å². The number of hydrogen-bond donors (Lipinski definition) is 3. The summed E-state index contributed by atoms with van der Waals surface area (Å²) in [4.78, 5) is 20.0. The van der Waals surface area contributed by atoms with Crippen molar-refractivity contribution in [3.63, 3.8) is 0 Å². The van der Waals surface area contributed by atoms with Gasteiger partial charge in [0.1, 0.15) is 5.82 Å². The van der Waals surface area contributed by atoms with Crippen molar-refractivity contribution in [3.8, 4) is 0 Å². The van der Waals surface area contributed by atoms with Gasteiger partial charge in [0.15, 0.2) is 5.96 Å². The van der Waals surface area contributed by atoms with E-state index in [9.17, 15) is 9.18 Å². The van der Waals surface area contributed by atoms with Gasteiger partial charge in [-0.05, 0) is 29.6 Å². The summed E-state index contributed by atoms with van der Waals surface area (Å²) in [5.41, 5.74) is 0.421. The minimum Gasteiger partial charge on any atom is -0.379 e. The lowest BCUT2D eigenvalue weighted by atomic mass is 10.2. The van der Waals surface area contributed by atoms with E-state index >= 15 is 0 Å². The molecule has 10 heteroatoms. The normalized spacial score (nSPS) is 15.7. The SMILES string of the molecule is CN=C(NCC(=O)Nc1cccc(F)c1)NCC(c1cccs1)N1CCOCC1.I. The van der Waals surface area contributed by atoms with Crippen LogP contribution >= 0.6 is 35.3 Å². The third kappa shape index (κ3) is 7.49. The van der Waals surface area contributed by atoms with Crippen molar-refractivity contribution in [3.05, 3.63) is 52.5 Å². The number of guanidine groups is 1. The van der Waals surface area contributed by atoms with Crippen molar-refractivity contribution in [1.82, 2.24) is 15.5 Å². The molecule has 0 aliphatic carbocycles. The molecule has 1 amide bonds. The Bertz CT molecular complexity index is 815. The van der Waals surface area contributed by atoms with Crippen LogP contribution in [0, 0.1) is 5.82 Å². The summed E-state index contributed by atoms with van der Waals surface area (Å²) in [5.74, 6) is -0.133. The number of aliphatic imine (C=N–C) groups is 1. The van der Waals surface area contributed by atoms with E-state index in [-0.39, 0.29) is 42.5 Å². The number of thiophene rings is 1. The van der Waals surface area contributed by atoms with Gasteiger partial charge in [-0.1, -0.05) is 12.1 Å². The molecule has 30 heavy (non-hydrogen) atoms. The molecule has 3 rings (SSSR count). The van der Waals surface area contributed by atoms with Crippen LogP contribution in [-0.4, -0.2) is 63.2 Å². The van der Waals surface area contributed by atoms with Crippen molar-refractivity contribution in [2.24, 2.45) is 4.99 Å². The molecular weight excluding hydrogens is 520 g/mol. The summed E-state index contributed by atoms with van der Waals surface area (Å²) in [6.45, 7) is 3.91. The number of rotatable bonds is 7. The van der Waals surface area contributed by atoms with E-state index in [0.717, 1.165) is 26.3 Å². The number of anilines is 1. The van der Waals surface area contributed by atoms with Gasteiger partial charge in [-0.3, -0.25) is 14.7 Å². The minimum atomic E-state index is -0.393. The molecule has 164 valence electrons. The van der Waals surface area contributed by atoms with Crippen LogP contribution < -0.4 is 16.0 Å². The van der Waals surface area contributed by atoms with Gasteiger partial charge in [0.05, 0.1) is 25.8 Å².